The average Bonchev–Trinajstić information content (AvgIpc) is 3.01. The molecule has 2 amide bonds. The van der Waals surface area contributed by atoms with Crippen molar-refractivity contribution >= 4 is 17.7 Å². The number of hydrogen-bond acceptors (Lipinski definition) is 3. The quantitative estimate of drug-likeness (QED) is 0.850. The smallest absolute Gasteiger partial charge is 0.356 e. The highest BCUT2D eigenvalue weighted by atomic mass is 16.4. The number of piperidine rings is 1. The number of carboxylic acid groups (broad SMARTS) is 1. The van der Waals surface area contributed by atoms with Gasteiger partial charge in [-0.05, 0) is 37.3 Å². The second-order valence-electron chi connectivity index (χ2n) is 5.12. The van der Waals surface area contributed by atoms with Crippen molar-refractivity contribution in [1.82, 2.24) is 9.88 Å². The zero-order valence-corrected chi connectivity index (χ0v) is 10.4. The number of urea groups is 1. The number of rotatable bonds is 2. The van der Waals surface area contributed by atoms with Gasteiger partial charge in [0.2, 0.25) is 0 Å². The Balaban J connectivity index is 1.75. The molecule has 19 heavy (non-hydrogen) atoms. The van der Waals surface area contributed by atoms with Crippen LogP contribution in [0.3, 0.4) is 0 Å². The molecule has 1 aliphatic carbocycles. The van der Waals surface area contributed by atoms with E-state index in [0.717, 1.165) is 19.4 Å². The third kappa shape index (κ3) is 2.14. The summed E-state index contributed by atoms with van der Waals surface area (Å²) in [5, 5.41) is 11.7. The molecule has 1 aliphatic heterocycles. The highest BCUT2D eigenvalue weighted by Crippen LogP contribution is 2.37. The first kappa shape index (κ1) is 12.0. The standard InChI is InChI=1S/C13H15N3O3/c17-12(18)11-10(2-1-5-14-11)15-13(19)16-7-8-3-4-9(16)6-8/h1-2,5,8-9H,3-4,6-7H2,(H,15,19)(H,17,18). The van der Waals surface area contributed by atoms with E-state index in [1.165, 1.54) is 12.6 Å². The number of anilines is 1. The third-order valence-corrected chi connectivity index (χ3v) is 3.92. The van der Waals surface area contributed by atoms with Gasteiger partial charge in [0, 0.05) is 18.8 Å². The molecule has 2 heterocycles. The summed E-state index contributed by atoms with van der Waals surface area (Å²) in [6.45, 7) is 0.777. The van der Waals surface area contributed by atoms with Gasteiger partial charge in [-0.1, -0.05) is 0 Å². The summed E-state index contributed by atoms with van der Waals surface area (Å²) < 4.78 is 0. The molecule has 1 saturated heterocycles. The van der Waals surface area contributed by atoms with Crippen LogP contribution in [-0.4, -0.2) is 39.6 Å². The fraction of sp³-hybridized carbons (Fsp3) is 0.462. The van der Waals surface area contributed by atoms with Crippen molar-refractivity contribution in [2.24, 2.45) is 5.92 Å². The molecule has 0 aromatic carbocycles. The van der Waals surface area contributed by atoms with Gasteiger partial charge >= 0.3 is 12.0 Å². The minimum atomic E-state index is -1.14. The van der Waals surface area contributed by atoms with Crippen LogP contribution in [0.1, 0.15) is 29.8 Å². The topological polar surface area (TPSA) is 82.5 Å². The Morgan fingerprint density at radius 1 is 1.42 bits per heavy atom. The van der Waals surface area contributed by atoms with Gasteiger partial charge in [0.05, 0.1) is 5.69 Å². The molecule has 3 rings (SSSR count). The maximum absolute atomic E-state index is 12.2. The monoisotopic (exact) mass is 261 g/mol. The molecule has 6 nitrogen and oxygen atoms in total. The van der Waals surface area contributed by atoms with Crippen molar-refractivity contribution < 1.29 is 14.7 Å². The molecule has 2 fully saturated rings. The molecule has 1 aromatic rings. The van der Waals surface area contributed by atoms with Crippen LogP contribution in [0.4, 0.5) is 10.5 Å². The normalized spacial score (nSPS) is 24.5. The predicted octanol–water partition coefficient (Wildman–Crippen LogP) is 1.80. The van der Waals surface area contributed by atoms with Gasteiger partial charge in [-0.25, -0.2) is 14.6 Å². The van der Waals surface area contributed by atoms with Crippen molar-refractivity contribution in [2.75, 3.05) is 11.9 Å². The van der Waals surface area contributed by atoms with E-state index < -0.39 is 5.97 Å². The Kier molecular flexibility index (Phi) is 2.85. The van der Waals surface area contributed by atoms with Gasteiger partial charge < -0.3 is 15.3 Å². The lowest BCUT2D eigenvalue weighted by Crippen LogP contribution is -2.40. The van der Waals surface area contributed by atoms with Crippen LogP contribution in [-0.2, 0) is 0 Å². The van der Waals surface area contributed by atoms with Gasteiger partial charge in [-0.3, -0.25) is 0 Å². The van der Waals surface area contributed by atoms with Gasteiger partial charge in [0.15, 0.2) is 5.69 Å². The van der Waals surface area contributed by atoms with E-state index >= 15 is 0 Å². The van der Waals surface area contributed by atoms with Crippen LogP contribution in [0, 0.1) is 5.92 Å². The minimum absolute atomic E-state index is 0.125. The largest absolute Gasteiger partial charge is 0.476 e. The molecule has 1 saturated carbocycles. The first-order valence-electron chi connectivity index (χ1n) is 6.41. The minimum Gasteiger partial charge on any atom is -0.476 e. The van der Waals surface area contributed by atoms with E-state index in [1.807, 2.05) is 4.90 Å². The molecular weight excluding hydrogens is 246 g/mol. The van der Waals surface area contributed by atoms with E-state index in [2.05, 4.69) is 10.3 Å². The van der Waals surface area contributed by atoms with E-state index in [1.54, 1.807) is 12.1 Å². The SMILES string of the molecule is O=C(O)c1ncccc1NC(=O)N1CC2CCC1C2. The molecule has 2 atom stereocenters. The number of likely N-dealkylation sites (tertiary alicyclic amines) is 1. The van der Waals surface area contributed by atoms with Crippen molar-refractivity contribution in [2.45, 2.75) is 25.3 Å². The van der Waals surface area contributed by atoms with E-state index in [9.17, 15) is 9.59 Å². The van der Waals surface area contributed by atoms with Gasteiger partial charge in [-0.2, -0.15) is 0 Å². The number of aromatic carboxylic acids is 1. The van der Waals surface area contributed by atoms with E-state index in [-0.39, 0.29) is 17.4 Å². The fourth-order valence-corrected chi connectivity index (χ4v) is 3.04. The number of hydrogen-bond donors (Lipinski definition) is 2. The maximum Gasteiger partial charge on any atom is 0.356 e. The summed E-state index contributed by atoms with van der Waals surface area (Å²) in [5.74, 6) is -0.526. The predicted molar refractivity (Wildman–Crippen MR) is 68.1 cm³/mol. The highest BCUT2D eigenvalue weighted by Gasteiger charge is 2.40. The molecule has 6 heteroatoms. The number of amides is 2. The molecule has 100 valence electrons. The van der Waals surface area contributed by atoms with Gasteiger partial charge in [-0.15, -0.1) is 0 Å². The number of pyridine rings is 1. The zero-order chi connectivity index (χ0) is 13.4. The van der Waals surface area contributed by atoms with Crippen molar-refractivity contribution in [3.05, 3.63) is 24.0 Å². The zero-order valence-electron chi connectivity index (χ0n) is 10.4. The first-order valence-corrected chi connectivity index (χ1v) is 6.41. The second-order valence-corrected chi connectivity index (χ2v) is 5.12. The average molecular weight is 261 g/mol. The molecular formula is C13H15N3O3. The highest BCUT2D eigenvalue weighted by molar-refractivity contribution is 5.98. The Hall–Kier alpha value is -2.11. The molecule has 0 radical (unpaired) electrons. The lowest BCUT2D eigenvalue weighted by atomic mass is 10.1. The van der Waals surface area contributed by atoms with Gasteiger partial charge in [0.1, 0.15) is 0 Å². The number of nitrogens with zero attached hydrogens (tertiary/aromatic N) is 2. The number of fused-ring (bicyclic) bond motifs is 2. The first-order chi connectivity index (χ1) is 9.15. The van der Waals surface area contributed by atoms with Crippen molar-refractivity contribution in [1.29, 1.82) is 0 Å². The Bertz CT molecular complexity index is 532. The summed E-state index contributed by atoms with van der Waals surface area (Å²) in [7, 11) is 0. The number of carbonyl (C=O) groups excluding carboxylic acids is 1. The van der Waals surface area contributed by atoms with E-state index in [0.29, 0.717) is 12.0 Å². The number of carboxylic acids is 1. The molecule has 2 aliphatic rings. The van der Waals surface area contributed by atoms with E-state index in [4.69, 9.17) is 5.11 Å². The number of nitrogens with one attached hydrogen (secondary N) is 1. The van der Waals surface area contributed by atoms with Crippen LogP contribution >= 0.6 is 0 Å². The molecule has 2 bridgehead atoms. The lowest BCUT2D eigenvalue weighted by molar-refractivity contribution is 0.0691. The Morgan fingerprint density at radius 3 is 2.89 bits per heavy atom. The van der Waals surface area contributed by atoms with Crippen LogP contribution in [0.25, 0.3) is 0 Å². The van der Waals surface area contributed by atoms with Crippen molar-refractivity contribution in [3.8, 4) is 0 Å². The summed E-state index contributed by atoms with van der Waals surface area (Å²) in [6.07, 6.45) is 4.72. The summed E-state index contributed by atoms with van der Waals surface area (Å²) in [4.78, 5) is 28.8. The lowest BCUT2D eigenvalue weighted by Gasteiger charge is -2.27. The van der Waals surface area contributed by atoms with Crippen LogP contribution in [0.2, 0.25) is 0 Å². The fourth-order valence-electron chi connectivity index (χ4n) is 3.04. The van der Waals surface area contributed by atoms with Gasteiger partial charge in [0.25, 0.3) is 0 Å². The van der Waals surface area contributed by atoms with Crippen LogP contribution in [0.5, 0.6) is 0 Å². The summed E-state index contributed by atoms with van der Waals surface area (Å²) >= 11 is 0. The summed E-state index contributed by atoms with van der Waals surface area (Å²) in [5.41, 5.74) is 0.128. The van der Waals surface area contributed by atoms with Crippen molar-refractivity contribution in [3.63, 3.8) is 0 Å². The molecule has 0 spiro atoms. The summed E-state index contributed by atoms with van der Waals surface area (Å²) in [6, 6.07) is 3.26. The molecule has 2 unspecified atom stereocenters. The molecule has 2 N–H and O–H groups in total. The number of aromatic nitrogens is 1. The Labute approximate surface area is 110 Å². The molecule has 1 aromatic heterocycles. The Morgan fingerprint density at radius 2 is 2.26 bits per heavy atom. The number of carbonyl (C=O) groups is 2. The van der Waals surface area contributed by atoms with Crippen LogP contribution < -0.4 is 5.32 Å². The second kappa shape index (κ2) is 4.53. The van der Waals surface area contributed by atoms with Crippen LogP contribution in [0.15, 0.2) is 18.3 Å². The third-order valence-electron chi connectivity index (χ3n) is 3.92. The maximum atomic E-state index is 12.2.